The minimum Gasteiger partial charge on any atom is -0.486 e. The zero-order valence-corrected chi connectivity index (χ0v) is 11.1. The second-order valence-electron chi connectivity index (χ2n) is 4.13. The maximum Gasteiger partial charge on any atom is 0.166 e. The van der Waals surface area contributed by atoms with Gasteiger partial charge in [-0.3, -0.25) is 0 Å². The smallest absolute Gasteiger partial charge is 0.166 e. The zero-order chi connectivity index (χ0) is 14.4. The van der Waals surface area contributed by atoms with Crippen molar-refractivity contribution < 1.29 is 9.13 Å². The summed E-state index contributed by atoms with van der Waals surface area (Å²) in [6.45, 7) is 3.00. The fraction of sp³-hybridized carbons (Fsp3) is 0.200. The molecule has 20 heavy (non-hydrogen) atoms. The molecule has 0 aliphatic heterocycles. The third-order valence-corrected chi connectivity index (χ3v) is 2.64. The van der Waals surface area contributed by atoms with Crippen molar-refractivity contribution in [1.82, 2.24) is 4.98 Å². The van der Waals surface area contributed by atoms with Crippen LogP contribution in [0.1, 0.15) is 18.1 Å². The number of hydrogen-bond donors (Lipinski definition) is 1. The van der Waals surface area contributed by atoms with Gasteiger partial charge in [-0.15, -0.1) is 0 Å². The first-order valence-corrected chi connectivity index (χ1v) is 6.24. The fourth-order valence-corrected chi connectivity index (χ4v) is 1.69. The van der Waals surface area contributed by atoms with Crippen molar-refractivity contribution >= 4 is 5.82 Å². The SMILES string of the molecule is CCNc1cc(COc2ccc(C#N)cc2F)ccn1. The molecule has 1 N–H and O–H groups in total. The van der Waals surface area contributed by atoms with Gasteiger partial charge in [0.2, 0.25) is 0 Å². The lowest BCUT2D eigenvalue weighted by atomic mass is 10.2. The fourth-order valence-electron chi connectivity index (χ4n) is 1.69. The first kappa shape index (κ1) is 13.8. The summed E-state index contributed by atoms with van der Waals surface area (Å²) in [5.41, 5.74) is 1.16. The van der Waals surface area contributed by atoms with E-state index in [1.807, 2.05) is 25.1 Å². The molecule has 0 saturated heterocycles. The summed E-state index contributed by atoms with van der Waals surface area (Å²) in [6, 6.07) is 9.68. The highest BCUT2D eigenvalue weighted by molar-refractivity contribution is 5.38. The number of halogens is 1. The maximum absolute atomic E-state index is 13.6. The first-order valence-electron chi connectivity index (χ1n) is 6.24. The number of ether oxygens (including phenoxy) is 1. The van der Waals surface area contributed by atoms with Gasteiger partial charge in [-0.1, -0.05) is 0 Å². The molecular weight excluding hydrogens is 257 g/mol. The van der Waals surface area contributed by atoms with E-state index in [4.69, 9.17) is 10.00 Å². The van der Waals surface area contributed by atoms with Gasteiger partial charge in [0.1, 0.15) is 12.4 Å². The highest BCUT2D eigenvalue weighted by atomic mass is 19.1. The van der Waals surface area contributed by atoms with Gasteiger partial charge in [-0.25, -0.2) is 9.37 Å². The van der Waals surface area contributed by atoms with Crippen molar-refractivity contribution in [1.29, 1.82) is 5.26 Å². The Labute approximate surface area is 116 Å². The molecule has 5 heteroatoms. The van der Waals surface area contributed by atoms with Crippen LogP contribution in [0.15, 0.2) is 36.5 Å². The van der Waals surface area contributed by atoms with Gasteiger partial charge in [0.15, 0.2) is 11.6 Å². The third kappa shape index (κ3) is 3.45. The molecule has 1 heterocycles. The number of benzene rings is 1. The van der Waals surface area contributed by atoms with E-state index < -0.39 is 5.82 Å². The topological polar surface area (TPSA) is 57.9 Å². The van der Waals surface area contributed by atoms with Crippen LogP contribution in [0, 0.1) is 17.1 Å². The third-order valence-electron chi connectivity index (χ3n) is 2.64. The molecule has 0 fully saturated rings. The molecule has 0 saturated carbocycles. The van der Waals surface area contributed by atoms with E-state index in [0.717, 1.165) is 24.0 Å². The van der Waals surface area contributed by atoms with E-state index in [1.54, 1.807) is 6.20 Å². The Balaban J connectivity index is 2.05. The summed E-state index contributed by atoms with van der Waals surface area (Å²) < 4.78 is 19.1. The number of rotatable bonds is 5. The van der Waals surface area contributed by atoms with Gasteiger partial charge in [0, 0.05) is 12.7 Å². The lowest BCUT2D eigenvalue weighted by Crippen LogP contribution is -2.02. The molecule has 1 aromatic carbocycles. The van der Waals surface area contributed by atoms with Crippen LogP contribution >= 0.6 is 0 Å². The molecule has 0 aliphatic carbocycles. The molecule has 2 aromatic rings. The summed E-state index contributed by atoms with van der Waals surface area (Å²) in [7, 11) is 0. The van der Waals surface area contributed by atoms with E-state index >= 15 is 0 Å². The maximum atomic E-state index is 13.6. The summed E-state index contributed by atoms with van der Waals surface area (Å²) >= 11 is 0. The van der Waals surface area contributed by atoms with E-state index in [9.17, 15) is 4.39 Å². The van der Waals surface area contributed by atoms with Gasteiger partial charge in [0.05, 0.1) is 11.6 Å². The molecule has 2 rings (SSSR count). The largest absolute Gasteiger partial charge is 0.486 e. The highest BCUT2D eigenvalue weighted by Crippen LogP contribution is 2.19. The van der Waals surface area contributed by atoms with Crippen molar-refractivity contribution in [2.75, 3.05) is 11.9 Å². The molecule has 102 valence electrons. The monoisotopic (exact) mass is 271 g/mol. The number of nitriles is 1. The van der Waals surface area contributed by atoms with Crippen LogP contribution < -0.4 is 10.1 Å². The Kier molecular flexibility index (Phi) is 4.51. The van der Waals surface area contributed by atoms with Crippen LogP contribution in [0.3, 0.4) is 0 Å². The normalized spacial score (nSPS) is 9.85. The van der Waals surface area contributed by atoms with Crippen LogP contribution in [0.25, 0.3) is 0 Å². The Hall–Kier alpha value is -2.61. The second-order valence-corrected chi connectivity index (χ2v) is 4.13. The standard InChI is InChI=1S/C15H14FN3O/c1-2-18-15-8-12(5-6-19-15)10-20-14-4-3-11(9-17)7-13(14)16/h3-8H,2,10H2,1H3,(H,18,19). The van der Waals surface area contributed by atoms with Crippen LogP contribution in [-0.2, 0) is 6.61 Å². The Morgan fingerprint density at radius 1 is 1.35 bits per heavy atom. The second kappa shape index (κ2) is 6.53. The van der Waals surface area contributed by atoms with Crippen molar-refractivity contribution in [3.8, 4) is 11.8 Å². The van der Waals surface area contributed by atoms with Gasteiger partial charge >= 0.3 is 0 Å². The molecule has 0 unspecified atom stereocenters. The molecular formula is C15H14FN3O. The molecule has 0 atom stereocenters. The predicted molar refractivity (Wildman–Crippen MR) is 73.8 cm³/mol. The van der Waals surface area contributed by atoms with E-state index in [-0.39, 0.29) is 17.9 Å². The van der Waals surface area contributed by atoms with Crippen molar-refractivity contribution in [2.24, 2.45) is 0 Å². The van der Waals surface area contributed by atoms with Crippen LogP contribution in [0.4, 0.5) is 10.2 Å². The summed E-state index contributed by atoms with van der Waals surface area (Å²) in [4.78, 5) is 4.15. The molecule has 0 bridgehead atoms. The molecule has 0 aliphatic rings. The summed E-state index contributed by atoms with van der Waals surface area (Å²) in [5.74, 6) is 0.352. The van der Waals surface area contributed by atoms with Gasteiger partial charge < -0.3 is 10.1 Å². The lowest BCUT2D eigenvalue weighted by molar-refractivity contribution is 0.290. The minimum atomic E-state index is -0.537. The molecule has 0 spiro atoms. The van der Waals surface area contributed by atoms with E-state index in [1.165, 1.54) is 12.1 Å². The summed E-state index contributed by atoms with van der Waals surface area (Å²) in [6.07, 6.45) is 1.67. The van der Waals surface area contributed by atoms with Gasteiger partial charge in [0.25, 0.3) is 0 Å². The molecule has 4 nitrogen and oxygen atoms in total. The van der Waals surface area contributed by atoms with Gasteiger partial charge in [-0.05, 0) is 42.8 Å². The van der Waals surface area contributed by atoms with E-state index in [0.29, 0.717) is 0 Å². The Morgan fingerprint density at radius 3 is 2.90 bits per heavy atom. The number of pyridine rings is 1. The van der Waals surface area contributed by atoms with Gasteiger partial charge in [-0.2, -0.15) is 5.26 Å². The van der Waals surface area contributed by atoms with Crippen LogP contribution in [0.5, 0.6) is 5.75 Å². The van der Waals surface area contributed by atoms with Crippen molar-refractivity contribution in [3.05, 3.63) is 53.5 Å². The number of nitrogens with one attached hydrogen (secondary N) is 1. The number of anilines is 1. The molecule has 0 amide bonds. The predicted octanol–water partition coefficient (Wildman–Crippen LogP) is 3.10. The zero-order valence-electron chi connectivity index (χ0n) is 11.1. The van der Waals surface area contributed by atoms with Crippen molar-refractivity contribution in [2.45, 2.75) is 13.5 Å². The number of aromatic nitrogens is 1. The summed E-state index contributed by atoms with van der Waals surface area (Å²) in [5, 5.41) is 11.8. The van der Waals surface area contributed by atoms with Crippen LogP contribution in [-0.4, -0.2) is 11.5 Å². The average molecular weight is 271 g/mol. The lowest BCUT2D eigenvalue weighted by Gasteiger charge is -2.09. The van der Waals surface area contributed by atoms with Crippen LogP contribution in [0.2, 0.25) is 0 Å². The quantitative estimate of drug-likeness (QED) is 0.907. The first-order chi connectivity index (χ1) is 9.72. The average Bonchev–Trinajstić information content (AvgIpc) is 2.46. The van der Waals surface area contributed by atoms with Crippen molar-refractivity contribution in [3.63, 3.8) is 0 Å². The Bertz CT molecular complexity index is 637. The number of hydrogen-bond acceptors (Lipinski definition) is 4. The Morgan fingerprint density at radius 2 is 2.20 bits per heavy atom. The highest BCUT2D eigenvalue weighted by Gasteiger charge is 2.05. The molecule has 0 radical (unpaired) electrons. The minimum absolute atomic E-state index is 0.130. The molecule has 1 aromatic heterocycles. The number of nitrogens with zero attached hydrogens (tertiary/aromatic N) is 2. The van der Waals surface area contributed by atoms with E-state index in [2.05, 4.69) is 10.3 Å².